The monoisotopic (exact) mass is 340 g/mol. The minimum absolute atomic E-state index is 0.202. The molecule has 0 unspecified atom stereocenters. The van der Waals surface area contributed by atoms with Gasteiger partial charge in [-0.05, 0) is 26.0 Å². The fourth-order valence-electron chi connectivity index (χ4n) is 2.64. The summed E-state index contributed by atoms with van der Waals surface area (Å²) in [6, 6.07) is 9.99. The lowest BCUT2D eigenvalue weighted by Crippen LogP contribution is -2.27. The standard InChI is InChI=1S/C18H20N4OS/c1-4-22(5-2)18-20-14(10-15(21-18)17(23)19-3)13-11-24-16-9-7-6-8-12(13)16/h6-11H,4-5H2,1-3H3,(H,19,23). The van der Waals surface area contributed by atoms with E-state index in [1.54, 1.807) is 24.5 Å². The normalized spacial score (nSPS) is 10.8. The number of nitrogens with zero attached hydrogens (tertiary/aromatic N) is 3. The largest absolute Gasteiger partial charge is 0.354 e. The fourth-order valence-corrected chi connectivity index (χ4v) is 3.60. The van der Waals surface area contributed by atoms with Crippen molar-refractivity contribution in [2.45, 2.75) is 13.8 Å². The molecule has 124 valence electrons. The smallest absolute Gasteiger partial charge is 0.269 e. The van der Waals surface area contributed by atoms with Gasteiger partial charge in [0.25, 0.3) is 5.91 Å². The van der Waals surface area contributed by atoms with E-state index in [4.69, 9.17) is 4.98 Å². The number of aromatic nitrogens is 2. The van der Waals surface area contributed by atoms with Crippen molar-refractivity contribution in [2.24, 2.45) is 0 Å². The number of nitrogens with one attached hydrogen (secondary N) is 1. The van der Waals surface area contributed by atoms with E-state index in [9.17, 15) is 4.79 Å². The summed E-state index contributed by atoms with van der Waals surface area (Å²) >= 11 is 1.68. The first-order chi connectivity index (χ1) is 11.7. The van der Waals surface area contributed by atoms with Crippen LogP contribution in [0.15, 0.2) is 35.7 Å². The van der Waals surface area contributed by atoms with E-state index < -0.39 is 0 Å². The third-order valence-corrected chi connectivity index (χ3v) is 4.94. The number of hydrogen-bond acceptors (Lipinski definition) is 5. The van der Waals surface area contributed by atoms with Crippen LogP contribution < -0.4 is 10.2 Å². The molecule has 1 aromatic carbocycles. The average molecular weight is 340 g/mol. The van der Waals surface area contributed by atoms with Crippen LogP contribution in [0.1, 0.15) is 24.3 Å². The molecule has 0 saturated heterocycles. The summed E-state index contributed by atoms with van der Waals surface area (Å²) in [5, 5.41) is 5.89. The van der Waals surface area contributed by atoms with Gasteiger partial charge in [0.2, 0.25) is 5.95 Å². The van der Waals surface area contributed by atoms with Crippen LogP contribution in [-0.4, -0.2) is 36.0 Å². The van der Waals surface area contributed by atoms with Gasteiger partial charge in [0, 0.05) is 41.2 Å². The van der Waals surface area contributed by atoms with E-state index in [0.29, 0.717) is 11.6 Å². The van der Waals surface area contributed by atoms with Gasteiger partial charge in [-0.1, -0.05) is 18.2 Å². The molecule has 0 fully saturated rings. The molecule has 5 nitrogen and oxygen atoms in total. The number of carbonyl (C=O) groups is 1. The van der Waals surface area contributed by atoms with Crippen LogP contribution in [0, 0.1) is 0 Å². The number of carbonyl (C=O) groups excluding carboxylic acids is 1. The lowest BCUT2D eigenvalue weighted by Gasteiger charge is -2.19. The molecule has 0 bridgehead atoms. The summed E-state index contributed by atoms with van der Waals surface area (Å²) in [6.45, 7) is 5.69. The molecule has 3 rings (SSSR count). The molecule has 24 heavy (non-hydrogen) atoms. The molecule has 0 aliphatic heterocycles. The van der Waals surface area contributed by atoms with Gasteiger partial charge < -0.3 is 10.2 Å². The summed E-state index contributed by atoms with van der Waals surface area (Å²) in [7, 11) is 1.61. The number of benzene rings is 1. The van der Waals surface area contributed by atoms with Crippen molar-refractivity contribution in [3.05, 3.63) is 41.4 Å². The molecular formula is C18H20N4OS. The Bertz CT molecular complexity index is 870. The van der Waals surface area contributed by atoms with Crippen LogP contribution >= 0.6 is 11.3 Å². The summed E-state index contributed by atoms with van der Waals surface area (Å²) in [4.78, 5) is 23.3. The number of anilines is 1. The highest BCUT2D eigenvalue weighted by atomic mass is 32.1. The van der Waals surface area contributed by atoms with Gasteiger partial charge in [0.1, 0.15) is 5.69 Å². The zero-order valence-electron chi connectivity index (χ0n) is 14.0. The molecule has 0 aliphatic rings. The predicted molar refractivity (Wildman–Crippen MR) is 99.8 cm³/mol. The predicted octanol–water partition coefficient (Wildman–Crippen LogP) is 3.56. The van der Waals surface area contributed by atoms with Crippen LogP contribution in [0.3, 0.4) is 0 Å². The van der Waals surface area contributed by atoms with Crippen molar-refractivity contribution >= 4 is 33.3 Å². The van der Waals surface area contributed by atoms with Crippen LogP contribution in [-0.2, 0) is 0 Å². The number of rotatable bonds is 5. The van der Waals surface area contributed by atoms with Crippen LogP contribution in [0.2, 0.25) is 0 Å². The van der Waals surface area contributed by atoms with Crippen molar-refractivity contribution in [2.75, 3.05) is 25.0 Å². The van der Waals surface area contributed by atoms with Crippen LogP contribution in [0.25, 0.3) is 21.3 Å². The molecule has 2 aromatic heterocycles. The fraction of sp³-hybridized carbons (Fsp3) is 0.278. The Labute approximate surface area is 145 Å². The molecule has 0 radical (unpaired) electrons. The van der Waals surface area contributed by atoms with Gasteiger partial charge in [-0.2, -0.15) is 0 Å². The van der Waals surface area contributed by atoms with E-state index in [1.807, 2.05) is 17.0 Å². The first-order valence-electron chi connectivity index (χ1n) is 8.00. The van der Waals surface area contributed by atoms with Crippen molar-refractivity contribution in [1.82, 2.24) is 15.3 Å². The Morgan fingerprint density at radius 2 is 1.96 bits per heavy atom. The minimum Gasteiger partial charge on any atom is -0.354 e. The number of hydrogen-bond donors (Lipinski definition) is 1. The average Bonchev–Trinajstić information content (AvgIpc) is 3.06. The zero-order chi connectivity index (χ0) is 17.1. The van der Waals surface area contributed by atoms with E-state index in [0.717, 1.165) is 29.7 Å². The molecule has 6 heteroatoms. The topological polar surface area (TPSA) is 58.1 Å². The second kappa shape index (κ2) is 6.97. The Morgan fingerprint density at radius 3 is 2.67 bits per heavy atom. The molecule has 3 aromatic rings. The number of amides is 1. The summed E-state index contributed by atoms with van der Waals surface area (Å²) in [6.07, 6.45) is 0. The van der Waals surface area contributed by atoms with Crippen LogP contribution in [0.5, 0.6) is 0 Å². The maximum atomic E-state index is 12.1. The van der Waals surface area contributed by atoms with Gasteiger partial charge in [-0.25, -0.2) is 9.97 Å². The number of thiophene rings is 1. The lowest BCUT2D eigenvalue weighted by atomic mass is 10.1. The summed E-state index contributed by atoms with van der Waals surface area (Å²) < 4.78 is 1.21. The second-order valence-electron chi connectivity index (χ2n) is 5.34. The zero-order valence-corrected chi connectivity index (χ0v) is 14.9. The second-order valence-corrected chi connectivity index (χ2v) is 6.25. The maximum absolute atomic E-state index is 12.1. The lowest BCUT2D eigenvalue weighted by molar-refractivity contribution is 0.0958. The van der Waals surface area contributed by atoms with Crippen molar-refractivity contribution in [1.29, 1.82) is 0 Å². The maximum Gasteiger partial charge on any atom is 0.269 e. The van der Waals surface area contributed by atoms with Crippen LogP contribution in [0.4, 0.5) is 5.95 Å². The van der Waals surface area contributed by atoms with Crippen molar-refractivity contribution in [3.8, 4) is 11.3 Å². The highest BCUT2D eigenvalue weighted by molar-refractivity contribution is 7.17. The Balaban J connectivity index is 2.19. The van der Waals surface area contributed by atoms with Gasteiger partial charge in [-0.15, -0.1) is 11.3 Å². The molecule has 2 heterocycles. The molecular weight excluding hydrogens is 320 g/mol. The molecule has 1 N–H and O–H groups in total. The Hall–Kier alpha value is -2.47. The Morgan fingerprint density at radius 1 is 1.21 bits per heavy atom. The highest BCUT2D eigenvalue weighted by Crippen LogP contribution is 2.33. The van der Waals surface area contributed by atoms with Crippen molar-refractivity contribution in [3.63, 3.8) is 0 Å². The SMILES string of the molecule is CCN(CC)c1nc(C(=O)NC)cc(-c2csc3ccccc23)n1. The quantitative estimate of drug-likeness (QED) is 0.771. The first-order valence-corrected chi connectivity index (χ1v) is 8.88. The Kier molecular flexibility index (Phi) is 4.76. The first kappa shape index (κ1) is 16.4. The van der Waals surface area contributed by atoms with Crippen molar-refractivity contribution < 1.29 is 4.79 Å². The number of fused-ring (bicyclic) bond motifs is 1. The van der Waals surface area contributed by atoms with Gasteiger partial charge >= 0.3 is 0 Å². The van der Waals surface area contributed by atoms with Gasteiger partial charge in [-0.3, -0.25) is 4.79 Å². The molecule has 0 atom stereocenters. The highest BCUT2D eigenvalue weighted by Gasteiger charge is 2.16. The molecule has 0 aliphatic carbocycles. The molecule has 1 amide bonds. The van der Waals surface area contributed by atoms with E-state index in [1.165, 1.54) is 4.70 Å². The van der Waals surface area contributed by atoms with Gasteiger partial charge in [0.15, 0.2) is 0 Å². The van der Waals surface area contributed by atoms with E-state index in [2.05, 4.69) is 41.7 Å². The summed E-state index contributed by atoms with van der Waals surface area (Å²) in [5.41, 5.74) is 2.21. The minimum atomic E-state index is -0.202. The third kappa shape index (κ3) is 2.97. The third-order valence-electron chi connectivity index (χ3n) is 3.98. The van der Waals surface area contributed by atoms with Gasteiger partial charge in [0.05, 0.1) is 5.69 Å². The van der Waals surface area contributed by atoms with E-state index in [-0.39, 0.29) is 5.91 Å². The molecule has 0 saturated carbocycles. The molecule has 0 spiro atoms. The summed E-state index contributed by atoms with van der Waals surface area (Å²) in [5.74, 6) is 0.387. The van der Waals surface area contributed by atoms with E-state index >= 15 is 0 Å².